The van der Waals surface area contributed by atoms with Gasteiger partial charge in [-0.25, -0.2) is 0 Å². The van der Waals surface area contributed by atoms with Crippen molar-refractivity contribution in [1.82, 2.24) is 0 Å². The number of unbranched alkanes of at least 4 members (excludes halogenated alkanes) is 1. The lowest BCUT2D eigenvalue weighted by molar-refractivity contribution is -0.0511. The van der Waals surface area contributed by atoms with E-state index in [-0.39, 0.29) is 17.6 Å². The van der Waals surface area contributed by atoms with Gasteiger partial charge in [-0.15, -0.1) is 0 Å². The van der Waals surface area contributed by atoms with E-state index in [4.69, 9.17) is 4.74 Å². The third-order valence-electron chi connectivity index (χ3n) is 7.51. The van der Waals surface area contributed by atoms with E-state index in [0.29, 0.717) is 23.5 Å². The summed E-state index contributed by atoms with van der Waals surface area (Å²) >= 11 is 0. The van der Waals surface area contributed by atoms with Crippen molar-refractivity contribution >= 4 is 0 Å². The Kier molecular flexibility index (Phi) is 4.57. The van der Waals surface area contributed by atoms with Crippen LogP contribution in [0.4, 0.5) is 0 Å². The summed E-state index contributed by atoms with van der Waals surface area (Å²) in [6.45, 7) is 5.29. The highest BCUT2D eigenvalue weighted by Gasteiger charge is 2.55. The van der Waals surface area contributed by atoms with Gasteiger partial charge in [0, 0.05) is 6.61 Å². The maximum absolute atomic E-state index is 10.6. The molecular formula is C22H32O3. The Morgan fingerprint density at radius 1 is 1.20 bits per heavy atom. The Bertz CT molecular complexity index is 628. The molecule has 0 radical (unpaired) electrons. The van der Waals surface area contributed by atoms with Crippen LogP contribution >= 0.6 is 0 Å². The molecule has 1 aromatic carbocycles. The van der Waals surface area contributed by atoms with Crippen LogP contribution in [-0.2, 0) is 4.74 Å². The quantitative estimate of drug-likeness (QED) is 0.762. The van der Waals surface area contributed by atoms with Crippen LogP contribution in [0.2, 0.25) is 0 Å². The molecule has 3 nitrogen and oxygen atoms in total. The SMILES string of the molecule is CCCCO[C@H]1C[C@@H]2[C@H](CC[C@]3(C)[C@@H](O)CC[C@@H]23)c2ccc(O)cc21. The van der Waals surface area contributed by atoms with Crippen LogP contribution in [0.15, 0.2) is 18.2 Å². The van der Waals surface area contributed by atoms with Gasteiger partial charge in [-0.1, -0.05) is 26.3 Å². The third kappa shape index (κ3) is 2.80. The summed E-state index contributed by atoms with van der Waals surface area (Å²) in [5.74, 6) is 2.10. The van der Waals surface area contributed by atoms with Crippen molar-refractivity contribution in [3.8, 4) is 5.75 Å². The molecule has 0 spiro atoms. The number of hydrogen-bond donors (Lipinski definition) is 2. The molecule has 2 fully saturated rings. The van der Waals surface area contributed by atoms with Gasteiger partial charge in [-0.05, 0) is 85.0 Å². The highest BCUT2D eigenvalue weighted by Crippen LogP contribution is 2.62. The molecule has 0 saturated heterocycles. The van der Waals surface area contributed by atoms with Crippen molar-refractivity contribution < 1.29 is 14.9 Å². The molecule has 0 aromatic heterocycles. The van der Waals surface area contributed by atoms with Crippen molar-refractivity contribution in [2.24, 2.45) is 17.3 Å². The Hall–Kier alpha value is -1.06. The maximum atomic E-state index is 10.6. The van der Waals surface area contributed by atoms with E-state index in [1.54, 1.807) is 0 Å². The summed E-state index contributed by atoms with van der Waals surface area (Å²) < 4.78 is 6.29. The number of hydrogen-bond acceptors (Lipinski definition) is 3. The molecule has 3 aliphatic rings. The average molecular weight is 344 g/mol. The fraction of sp³-hybridized carbons (Fsp3) is 0.727. The van der Waals surface area contributed by atoms with Gasteiger partial charge in [0.1, 0.15) is 5.75 Å². The lowest BCUT2D eigenvalue weighted by atomic mass is 9.55. The van der Waals surface area contributed by atoms with Crippen LogP contribution in [0.1, 0.15) is 81.9 Å². The van der Waals surface area contributed by atoms with Crippen LogP contribution in [0.3, 0.4) is 0 Å². The standard InChI is InChI=1S/C22H32O3/c1-3-4-11-25-20-13-17-16(15-6-5-14(23)12-18(15)20)9-10-22(2)19(17)7-8-21(22)24/h5-6,12,16-17,19-21,23-24H,3-4,7-11,13H2,1-2H3/t16-,17-,19+,20+,21+,22+/m1/s1. The first kappa shape index (κ1) is 17.4. The minimum Gasteiger partial charge on any atom is -0.508 e. The molecule has 3 heteroatoms. The molecule has 0 heterocycles. The predicted molar refractivity (Wildman–Crippen MR) is 98.6 cm³/mol. The van der Waals surface area contributed by atoms with E-state index in [1.165, 1.54) is 11.1 Å². The molecule has 2 N–H and O–H groups in total. The largest absolute Gasteiger partial charge is 0.508 e. The van der Waals surface area contributed by atoms with E-state index in [0.717, 1.165) is 51.6 Å². The number of aromatic hydroxyl groups is 1. The Balaban J connectivity index is 1.67. The monoisotopic (exact) mass is 344 g/mol. The number of aliphatic hydroxyl groups excluding tert-OH is 1. The first-order valence-electron chi connectivity index (χ1n) is 10.2. The highest BCUT2D eigenvalue weighted by molar-refractivity contribution is 5.41. The van der Waals surface area contributed by atoms with Gasteiger partial charge in [0.15, 0.2) is 0 Å². The number of fused-ring (bicyclic) bond motifs is 5. The molecule has 0 bridgehead atoms. The second kappa shape index (κ2) is 6.59. The Morgan fingerprint density at radius 3 is 2.84 bits per heavy atom. The fourth-order valence-corrected chi connectivity index (χ4v) is 6.06. The first-order chi connectivity index (χ1) is 12.0. The van der Waals surface area contributed by atoms with Gasteiger partial charge >= 0.3 is 0 Å². The van der Waals surface area contributed by atoms with Gasteiger partial charge in [-0.2, -0.15) is 0 Å². The number of rotatable bonds is 4. The Labute approximate surface area is 151 Å². The predicted octanol–water partition coefficient (Wildman–Crippen LogP) is 4.92. The molecule has 1 aromatic rings. The highest BCUT2D eigenvalue weighted by atomic mass is 16.5. The summed E-state index contributed by atoms with van der Waals surface area (Å²) in [5.41, 5.74) is 2.68. The second-order valence-corrected chi connectivity index (χ2v) is 8.78. The van der Waals surface area contributed by atoms with E-state index in [1.807, 2.05) is 12.1 Å². The van der Waals surface area contributed by atoms with Gasteiger partial charge < -0.3 is 14.9 Å². The zero-order chi connectivity index (χ0) is 17.6. The minimum absolute atomic E-state index is 0.0869. The minimum atomic E-state index is -0.140. The van der Waals surface area contributed by atoms with Gasteiger partial charge in [0.25, 0.3) is 0 Å². The van der Waals surface area contributed by atoms with Crippen molar-refractivity contribution in [3.63, 3.8) is 0 Å². The van der Waals surface area contributed by atoms with Crippen molar-refractivity contribution in [1.29, 1.82) is 0 Å². The van der Waals surface area contributed by atoms with Crippen molar-refractivity contribution in [2.75, 3.05) is 6.61 Å². The normalized spacial score (nSPS) is 39.6. The second-order valence-electron chi connectivity index (χ2n) is 8.78. The van der Waals surface area contributed by atoms with Crippen LogP contribution in [0, 0.1) is 17.3 Å². The van der Waals surface area contributed by atoms with E-state index in [9.17, 15) is 10.2 Å². The summed E-state index contributed by atoms with van der Waals surface area (Å²) in [6, 6.07) is 5.90. The topological polar surface area (TPSA) is 49.7 Å². The van der Waals surface area contributed by atoms with E-state index in [2.05, 4.69) is 19.9 Å². The maximum Gasteiger partial charge on any atom is 0.115 e. The smallest absolute Gasteiger partial charge is 0.115 e. The summed E-state index contributed by atoms with van der Waals surface area (Å²) in [5, 5.41) is 20.6. The molecule has 4 rings (SSSR count). The Morgan fingerprint density at radius 2 is 2.04 bits per heavy atom. The number of phenols is 1. The number of aliphatic hydroxyl groups is 1. The average Bonchev–Trinajstić information content (AvgIpc) is 2.90. The van der Waals surface area contributed by atoms with Crippen LogP contribution in [-0.4, -0.2) is 22.9 Å². The first-order valence-corrected chi connectivity index (χ1v) is 10.2. The molecule has 0 unspecified atom stereocenters. The molecule has 2 saturated carbocycles. The lowest BCUT2D eigenvalue weighted by Gasteiger charge is -2.51. The van der Waals surface area contributed by atoms with Gasteiger partial charge in [0.2, 0.25) is 0 Å². The van der Waals surface area contributed by atoms with E-state index < -0.39 is 0 Å². The number of benzene rings is 1. The molecule has 6 atom stereocenters. The third-order valence-corrected chi connectivity index (χ3v) is 7.51. The number of phenolic OH excluding ortho intramolecular Hbond substituents is 1. The molecule has 0 aliphatic heterocycles. The zero-order valence-corrected chi connectivity index (χ0v) is 15.6. The van der Waals surface area contributed by atoms with E-state index >= 15 is 0 Å². The molecule has 0 amide bonds. The van der Waals surface area contributed by atoms with Crippen LogP contribution in [0.5, 0.6) is 5.75 Å². The molecule has 138 valence electrons. The fourth-order valence-electron chi connectivity index (χ4n) is 6.06. The number of ether oxygens (including phenoxy) is 1. The van der Waals surface area contributed by atoms with Crippen LogP contribution in [0.25, 0.3) is 0 Å². The zero-order valence-electron chi connectivity index (χ0n) is 15.6. The molecule has 3 aliphatic carbocycles. The van der Waals surface area contributed by atoms with Crippen LogP contribution < -0.4 is 0 Å². The molecule has 25 heavy (non-hydrogen) atoms. The van der Waals surface area contributed by atoms with Gasteiger partial charge in [0.05, 0.1) is 12.2 Å². The van der Waals surface area contributed by atoms with Crippen molar-refractivity contribution in [2.45, 2.75) is 76.9 Å². The summed E-state index contributed by atoms with van der Waals surface area (Å²) in [7, 11) is 0. The van der Waals surface area contributed by atoms with Crippen molar-refractivity contribution in [3.05, 3.63) is 29.3 Å². The lowest BCUT2D eigenvalue weighted by Crippen LogP contribution is -2.44. The summed E-state index contributed by atoms with van der Waals surface area (Å²) in [4.78, 5) is 0. The summed E-state index contributed by atoms with van der Waals surface area (Å²) in [6.07, 6.45) is 7.57. The molecular weight excluding hydrogens is 312 g/mol. The van der Waals surface area contributed by atoms with Gasteiger partial charge in [-0.3, -0.25) is 0 Å².